The van der Waals surface area contributed by atoms with E-state index in [2.05, 4.69) is 4.98 Å². The first-order valence-electron chi connectivity index (χ1n) is 9.53. The Bertz CT molecular complexity index is 1170. The average Bonchev–Trinajstić information content (AvgIpc) is 3.11. The van der Waals surface area contributed by atoms with Crippen molar-refractivity contribution in [2.24, 2.45) is 0 Å². The molecule has 0 bridgehead atoms. The number of amides is 1. The summed E-state index contributed by atoms with van der Waals surface area (Å²) in [5.41, 5.74) is 2.06. The van der Waals surface area contributed by atoms with E-state index in [9.17, 15) is 13.2 Å². The molecule has 0 aliphatic carbocycles. The van der Waals surface area contributed by atoms with Crippen molar-refractivity contribution in [2.45, 2.75) is 35.8 Å². The van der Waals surface area contributed by atoms with Gasteiger partial charge in [0.05, 0.1) is 26.6 Å². The first kappa shape index (κ1) is 23.1. The Morgan fingerprint density at radius 1 is 1.20 bits per heavy atom. The topological polar surface area (TPSA) is 67.3 Å². The monoisotopic (exact) mass is 482 g/mol. The Balaban J connectivity index is 1.77. The van der Waals surface area contributed by atoms with Gasteiger partial charge in [-0.2, -0.15) is 0 Å². The molecule has 160 valence electrons. The van der Waals surface area contributed by atoms with E-state index in [4.69, 9.17) is 11.6 Å². The quantitative estimate of drug-likeness (QED) is 0.413. The molecule has 0 N–H and O–H groups in total. The second-order valence-corrected chi connectivity index (χ2v) is 11.4. The lowest BCUT2D eigenvalue weighted by molar-refractivity contribution is -0.127. The minimum atomic E-state index is -3.52. The van der Waals surface area contributed by atoms with Crippen LogP contribution in [0.15, 0.2) is 45.6 Å². The molecule has 2 aromatic carbocycles. The van der Waals surface area contributed by atoms with Crippen molar-refractivity contribution in [3.05, 3.63) is 52.5 Å². The van der Waals surface area contributed by atoms with E-state index in [1.54, 1.807) is 36.1 Å². The lowest BCUT2D eigenvalue weighted by Gasteiger charge is -2.17. The van der Waals surface area contributed by atoms with Crippen LogP contribution < -0.4 is 0 Å². The molecule has 0 fully saturated rings. The van der Waals surface area contributed by atoms with Crippen LogP contribution in [-0.2, 0) is 20.4 Å². The molecular weight excluding hydrogens is 460 g/mol. The molecule has 0 atom stereocenters. The highest BCUT2D eigenvalue weighted by molar-refractivity contribution is 8.01. The van der Waals surface area contributed by atoms with Gasteiger partial charge >= 0.3 is 0 Å². The van der Waals surface area contributed by atoms with Crippen LogP contribution in [0.1, 0.15) is 25.0 Å². The largest absolute Gasteiger partial charge is 0.343 e. The Morgan fingerprint density at radius 2 is 1.93 bits per heavy atom. The van der Waals surface area contributed by atoms with Gasteiger partial charge in [0.1, 0.15) is 0 Å². The van der Waals surface area contributed by atoms with Crippen LogP contribution in [-0.4, -0.2) is 43.1 Å². The van der Waals surface area contributed by atoms with Crippen LogP contribution in [0.3, 0.4) is 0 Å². The van der Waals surface area contributed by atoms with Crippen molar-refractivity contribution in [1.82, 2.24) is 9.88 Å². The number of halogens is 1. The molecule has 1 amide bonds. The van der Waals surface area contributed by atoms with Crippen molar-refractivity contribution in [3.8, 4) is 0 Å². The summed E-state index contributed by atoms with van der Waals surface area (Å²) in [5, 5.41) is 0.440. The Morgan fingerprint density at radius 3 is 2.63 bits per heavy atom. The molecule has 5 nitrogen and oxygen atoms in total. The summed E-state index contributed by atoms with van der Waals surface area (Å²) < 4.78 is 27.5. The van der Waals surface area contributed by atoms with Gasteiger partial charge in [-0.15, -0.1) is 11.3 Å². The highest BCUT2D eigenvalue weighted by Crippen LogP contribution is 2.32. The molecule has 0 aliphatic heterocycles. The second kappa shape index (κ2) is 9.68. The zero-order valence-corrected chi connectivity index (χ0v) is 20.2. The number of hydrogen-bond acceptors (Lipinski definition) is 6. The molecule has 0 unspecified atom stereocenters. The number of aromatic nitrogens is 1. The fourth-order valence-corrected chi connectivity index (χ4v) is 7.01. The minimum absolute atomic E-state index is 0.0907. The maximum atomic E-state index is 12.9. The minimum Gasteiger partial charge on any atom is -0.343 e. The summed E-state index contributed by atoms with van der Waals surface area (Å²) in [6, 6.07) is 10.4. The lowest BCUT2D eigenvalue weighted by Crippen LogP contribution is -2.31. The number of fused-ring (bicyclic) bond motifs is 1. The van der Waals surface area contributed by atoms with Crippen molar-refractivity contribution in [1.29, 1.82) is 0 Å². The van der Waals surface area contributed by atoms with Gasteiger partial charge in [0, 0.05) is 18.1 Å². The van der Waals surface area contributed by atoms with Crippen molar-refractivity contribution in [3.63, 3.8) is 0 Å². The number of thioether (sulfide) groups is 1. The first-order valence-corrected chi connectivity index (χ1v) is 13.4. The number of nitrogens with zero attached hydrogens (tertiary/aromatic N) is 2. The lowest BCUT2D eigenvalue weighted by atomic mass is 10.2. The zero-order chi connectivity index (χ0) is 21.9. The predicted molar refractivity (Wildman–Crippen MR) is 125 cm³/mol. The zero-order valence-electron chi connectivity index (χ0n) is 17.0. The Labute approximate surface area is 190 Å². The molecule has 1 aromatic heterocycles. The Kier molecular flexibility index (Phi) is 7.44. The third kappa shape index (κ3) is 5.17. The van der Waals surface area contributed by atoms with Crippen LogP contribution in [0, 0.1) is 6.92 Å². The van der Waals surface area contributed by atoms with Crippen molar-refractivity contribution < 1.29 is 13.2 Å². The fourth-order valence-electron chi connectivity index (χ4n) is 3.11. The van der Waals surface area contributed by atoms with Crippen LogP contribution >= 0.6 is 34.7 Å². The van der Waals surface area contributed by atoms with Gasteiger partial charge in [0.2, 0.25) is 5.91 Å². The molecule has 3 rings (SSSR count). The molecule has 0 aliphatic rings. The average molecular weight is 483 g/mol. The highest BCUT2D eigenvalue weighted by Gasteiger charge is 2.20. The van der Waals surface area contributed by atoms with E-state index in [1.807, 2.05) is 26.0 Å². The second-order valence-electron chi connectivity index (χ2n) is 6.76. The van der Waals surface area contributed by atoms with Gasteiger partial charge in [0.25, 0.3) is 0 Å². The van der Waals surface area contributed by atoms with E-state index in [0.717, 1.165) is 14.6 Å². The predicted octanol–water partition coefficient (Wildman–Crippen LogP) is 5.19. The number of sulfone groups is 1. The number of carbonyl (C=O) groups is 1. The molecule has 1 heterocycles. The maximum absolute atomic E-state index is 12.9. The first-order chi connectivity index (χ1) is 14.2. The summed E-state index contributed by atoms with van der Waals surface area (Å²) >= 11 is 8.98. The van der Waals surface area contributed by atoms with Crippen LogP contribution in [0.25, 0.3) is 10.2 Å². The van der Waals surface area contributed by atoms with Crippen LogP contribution in [0.2, 0.25) is 5.02 Å². The normalized spacial score (nSPS) is 11.7. The van der Waals surface area contributed by atoms with Gasteiger partial charge in [-0.3, -0.25) is 4.79 Å². The van der Waals surface area contributed by atoms with Gasteiger partial charge in [-0.05, 0) is 56.2 Å². The van der Waals surface area contributed by atoms with E-state index in [0.29, 0.717) is 35.0 Å². The SMILES string of the molecule is CCN(CC)C(=O)CSc1nc2ccc(CS(=O)(=O)c3cccc(Cl)c3C)cc2s1. The molecule has 0 saturated carbocycles. The van der Waals surface area contributed by atoms with Gasteiger partial charge in [-0.25, -0.2) is 13.4 Å². The van der Waals surface area contributed by atoms with Gasteiger partial charge < -0.3 is 4.90 Å². The third-order valence-corrected chi connectivity index (χ3v) is 9.16. The molecule has 0 spiro atoms. The number of benzene rings is 2. The van der Waals surface area contributed by atoms with E-state index in [-0.39, 0.29) is 16.6 Å². The maximum Gasteiger partial charge on any atom is 0.232 e. The van der Waals surface area contributed by atoms with E-state index >= 15 is 0 Å². The third-order valence-electron chi connectivity index (χ3n) is 4.78. The fraction of sp³-hybridized carbons (Fsp3) is 0.333. The molecule has 9 heteroatoms. The summed E-state index contributed by atoms with van der Waals surface area (Å²) in [6.07, 6.45) is 0. The van der Waals surface area contributed by atoms with E-state index in [1.165, 1.54) is 23.1 Å². The molecule has 0 saturated heterocycles. The van der Waals surface area contributed by atoms with Crippen LogP contribution in [0.5, 0.6) is 0 Å². The smallest absolute Gasteiger partial charge is 0.232 e. The molecular formula is C21H23ClN2O3S3. The summed E-state index contributed by atoms with van der Waals surface area (Å²) in [5.74, 6) is 0.328. The standard InChI is InChI=1S/C21H23ClN2O3S3/c1-4-24(5-2)20(25)12-28-21-23-17-10-9-15(11-18(17)29-21)13-30(26,27)19-8-6-7-16(22)14(19)3/h6-11H,4-5,12-13H2,1-3H3. The molecule has 30 heavy (non-hydrogen) atoms. The van der Waals surface area contributed by atoms with Crippen molar-refractivity contribution >= 4 is 60.7 Å². The Hall–Kier alpha value is -1.61. The summed E-state index contributed by atoms with van der Waals surface area (Å²) in [7, 11) is -3.52. The van der Waals surface area contributed by atoms with Crippen molar-refractivity contribution in [2.75, 3.05) is 18.8 Å². The summed E-state index contributed by atoms with van der Waals surface area (Å²) in [4.78, 5) is 18.8. The molecule has 3 aromatic rings. The number of hydrogen-bond donors (Lipinski definition) is 0. The number of rotatable bonds is 8. The van der Waals surface area contributed by atoms with Crippen LogP contribution in [0.4, 0.5) is 0 Å². The number of carbonyl (C=O) groups excluding carboxylic acids is 1. The highest BCUT2D eigenvalue weighted by atomic mass is 35.5. The summed E-state index contributed by atoms with van der Waals surface area (Å²) in [6.45, 7) is 7.03. The molecule has 0 radical (unpaired) electrons. The van der Waals surface area contributed by atoms with Gasteiger partial charge in [0.15, 0.2) is 14.2 Å². The van der Waals surface area contributed by atoms with Gasteiger partial charge in [-0.1, -0.05) is 35.5 Å². The number of thiazole rings is 1. The van der Waals surface area contributed by atoms with E-state index < -0.39 is 9.84 Å².